The SMILES string of the molecule is CCOc1c(-c2cnccc2/C=C/C(C)=C/C(=O)O)cc(C(C)(C)C)cc1C(C)(C)C. The lowest BCUT2D eigenvalue weighted by Crippen LogP contribution is -2.18. The van der Waals surface area contributed by atoms with Gasteiger partial charge in [-0.05, 0) is 53.5 Å². The summed E-state index contributed by atoms with van der Waals surface area (Å²) < 4.78 is 6.21. The Labute approximate surface area is 186 Å². The standard InChI is InChI=1S/C27H35NO3/c1-9-31-25-21(15-20(26(3,4)5)16-23(25)27(6,7)8)22-17-28-13-12-19(22)11-10-18(2)14-24(29)30/h10-17H,9H2,1-8H3,(H,29,30)/b11-10+,18-14+. The molecule has 0 bridgehead atoms. The fourth-order valence-corrected chi connectivity index (χ4v) is 3.36. The minimum Gasteiger partial charge on any atom is -0.493 e. The molecular weight excluding hydrogens is 386 g/mol. The quantitative estimate of drug-likeness (QED) is 0.412. The number of carbonyl (C=O) groups is 1. The Morgan fingerprint density at radius 3 is 2.32 bits per heavy atom. The monoisotopic (exact) mass is 421 g/mol. The molecule has 2 rings (SSSR count). The molecule has 31 heavy (non-hydrogen) atoms. The van der Waals surface area contributed by atoms with E-state index in [4.69, 9.17) is 9.84 Å². The van der Waals surface area contributed by atoms with Crippen molar-refractivity contribution in [3.63, 3.8) is 0 Å². The van der Waals surface area contributed by atoms with E-state index in [0.29, 0.717) is 12.2 Å². The minimum atomic E-state index is -0.955. The number of ether oxygens (including phenoxy) is 1. The number of rotatable bonds is 6. The second-order valence-electron chi connectivity index (χ2n) is 9.86. The summed E-state index contributed by atoms with van der Waals surface area (Å²) in [5.74, 6) is -0.0770. The lowest BCUT2D eigenvalue weighted by molar-refractivity contribution is -0.131. The zero-order valence-corrected chi connectivity index (χ0v) is 20.0. The predicted octanol–water partition coefficient (Wildman–Crippen LogP) is 6.79. The van der Waals surface area contributed by atoms with Crippen molar-refractivity contribution in [2.45, 2.75) is 66.2 Å². The summed E-state index contributed by atoms with van der Waals surface area (Å²) in [5, 5.41) is 8.99. The van der Waals surface area contributed by atoms with Crippen LogP contribution in [0.3, 0.4) is 0 Å². The molecule has 1 heterocycles. The van der Waals surface area contributed by atoms with Crippen LogP contribution in [-0.2, 0) is 15.6 Å². The lowest BCUT2D eigenvalue weighted by atomic mass is 9.78. The van der Waals surface area contributed by atoms with E-state index in [1.54, 1.807) is 13.1 Å². The topological polar surface area (TPSA) is 59.4 Å². The van der Waals surface area contributed by atoms with Crippen molar-refractivity contribution in [2.75, 3.05) is 6.61 Å². The summed E-state index contributed by atoms with van der Waals surface area (Å²) in [4.78, 5) is 15.3. The first-order valence-electron chi connectivity index (χ1n) is 10.7. The van der Waals surface area contributed by atoms with Gasteiger partial charge >= 0.3 is 5.97 Å². The van der Waals surface area contributed by atoms with E-state index < -0.39 is 5.97 Å². The first-order chi connectivity index (χ1) is 14.3. The number of carboxylic acid groups (broad SMARTS) is 1. The summed E-state index contributed by atoms with van der Waals surface area (Å²) in [7, 11) is 0. The van der Waals surface area contributed by atoms with Crippen LogP contribution < -0.4 is 4.74 Å². The van der Waals surface area contributed by atoms with Gasteiger partial charge in [-0.2, -0.15) is 0 Å². The molecule has 4 heteroatoms. The van der Waals surface area contributed by atoms with Gasteiger partial charge in [0.25, 0.3) is 0 Å². The van der Waals surface area contributed by atoms with Gasteiger partial charge in [0.1, 0.15) is 5.75 Å². The summed E-state index contributed by atoms with van der Waals surface area (Å²) >= 11 is 0. The van der Waals surface area contributed by atoms with Crippen molar-refractivity contribution in [2.24, 2.45) is 0 Å². The van der Waals surface area contributed by atoms with Crippen molar-refractivity contribution >= 4 is 12.0 Å². The van der Waals surface area contributed by atoms with Crippen LogP contribution in [0.2, 0.25) is 0 Å². The fourth-order valence-electron chi connectivity index (χ4n) is 3.36. The summed E-state index contributed by atoms with van der Waals surface area (Å²) in [6, 6.07) is 6.41. The van der Waals surface area contributed by atoms with Crippen LogP contribution in [0.15, 0.2) is 48.3 Å². The molecule has 0 fully saturated rings. The normalized spacial score (nSPS) is 13.0. The smallest absolute Gasteiger partial charge is 0.328 e. The van der Waals surface area contributed by atoms with Crippen molar-refractivity contribution in [1.82, 2.24) is 4.98 Å². The first-order valence-corrected chi connectivity index (χ1v) is 10.7. The number of allylic oxidation sites excluding steroid dienone is 2. The van der Waals surface area contributed by atoms with E-state index in [-0.39, 0.29) is 10.8 Å². The van der Waals surface area contributed by atoms with Gasteiger partial charge < -0.3 is 9.84 Å². The van der Waals surface area contributed by atoms with Gasteiger partial charge in [0.05, 0.1) is 6.61 Å². The summed E-state index contributed by atoms with van der Waals surface area (Å²) in [6.07, 6.45) is 8.54. The molecular formula is C27H35NO3. The van der Waals surface area contributed by atoms with Crippen molar-refractivity contribution in [3.8, 4) is 16.9 Å². The zero-order chi connectivity index (χ0) is 23.4. The number of aromatic nitrogens is 1. The van der Waals surface area contributed by atoms with E-state index in [2.05, 4.69) is 58.7 Å². The molecule has 0 aliphatic rings. The van der Waals surface area contributed by atoms with Crippen molar-refractivity contribution < 1.29 is 14.6 Å². The number of pyridine rings is 1. The van der Waals surface area contributed by atoms with Crippen LogP contribution >= 0.6 is 0 Å². The third-order valence-electron chi connectivity index (χ3n) is 5.07. The van der Waals surface area contributed by atoms with Crippen LogP contribution in [0.25, 0.3) is 17.2 Å². The minimum absolute atomic E-state index is 0.0292. The summed E-state index contributed by atoms with van der Waals surface area (Å²) in [6.45, 7) is 17.6. The van der Waals surface area contributed by atoms with E-state index in [9.17, 15) is 4.79 Å². The fraction of sp³-hybridized carbons (Fsp3) is 0.407. The number of hydrogen-bond acceptors (Lipinski definition) is 3. The van der Waals surface area contributed by atoms with Gasteiger partial charge in [-0.25, -0.2) is 4.79 Å². The van der Waals surface area contributed by atoms with E-state index in [1.807, 2.05) is 31.3 Å². The predicted molar refractivity (Wildman–Crippen MR) is 129 cm³/mol. The second-order valence-corrected chi connectivity index (χ2v) is 9.86. The maximum Gasteiger partial charge on any atom is 0.328 e. The van der Waals surface area contributed by atoms with Gasteiger partial charge in [0, 0.05) is 35.2 Å². The summed E-state index contributed by atoms with van der Waals surface area (Å²) in [5.41, 5.74) is 5.86. The number of hydrogen-bond donors (Lipinski definition) is 1. The van der Waals surface area contributed by atoms with E-state index in [0.717, 1.165) is 28.0 Å². The third kappa shape index (κ3) is 6.30. The molecule has 1 aromatic carbocycles. The Balaban J connectivity index is 2.81. The van der Waals surface area contributed by atoms with Gasteiger partial charge in [-0.15, -0.1) is 0 Å². The third-order valence-corrected chi connectivity index (χ3v) is 5.07. The Kier molecular flexibility index (Phi) is 7.48. The van der Waals surface area contributed by atoms with Crippen LogP contribution in [-0.4, -0.2) is 22.7 Å². The van der Waals surface area contributed by atoms with E-state index >= 15 is 0 Å². The Morgan fingerprint density at radius 1 is 1.10 bits per heavy atom. The molecule has 0 radical (unpaired) electrons. The van der Waals surface area contributed by atoms with Gasteiger partial charge in [-0.1, -0.05) is 59.8 Å². The number of aliphatic carboxylic acids is 1. The number of benzene rings is 1. The van der Waals surface area contributed by atoms with Crippen molar-refractivity contribution in [3.05, 3.63) is 65.0 Å². The van der Waals surface area contributed by atoms with Crippen molar-refractivity contribution in [1.29, 1.82) is 0 Å². The maximum atomic E-state index is 11.0. The molecule has 1 N–H and O–H groups in total. The number of nitrogens with zero attached hydrogens (tertiary/aromatic N) is 1. The average Bonchev–Trinajstić information content (AvgIpc) is 2.64. The molecule has 0 aliphatic carbocycles. The molecule has 0 amide bonds. The molecule has 166 valence electrons. The second kappa shape index (κ2) is 9.51. The first kappa shape index (κ1) is 24.4. The van der Waals surface area contributed by atoms with Gasteiger partial charge in [-0.3, -0.25) is 4.98 Å². The highest BCUT2D eigenvalue weighted by molar-refractivity contribution is 5.83. The van der Waals surface area contributed by atoms with Gasteiger partial charge in [0.15, 0.2) is 0 Å². The van der Waals surface area contributed by atoms with Crippen LogP contribution in [0.1, 0.15) is 72.1 Å². The Morgan fingerprint density at radius 2 is 1.77 bits per heavy atom. The molecule has 0 aliphatic heterocycles. The molecule has 0 saturated carbocycles. The zero-order valence-electron chi connectivity index (χ0n) is 20.0. The van der Waals surface area contributed by atoms with E-state index in [1.165, 1.54) is 11.6 Å². The molecule has 0 unspecified atom stereocenters. The lowest BCUT2D eigenvalue weighted by Gasteiger charge is -2.29. The molecule has 2 aromatic rings. The number of carboxylic acids is 1. The highest BCUT2D eigenvalue weighted by atomic mass is 16.5. The Bertz CT molecular complexity index is 1000. The Hall–Kier alpha value is -2.88. The van der Waals surface area contributed by atoms with Crippen LogP contribution in [0.4, 0.5) is 0 Å². The largest absolute Gasteiger partial charge is 0.493 e. The maximum absolute atomic E-state index is 11.0. The van der Waals surface area contributed by atoms with Crippen LogP contribution in [0, 0.1) is 0 Å². The molecule has 0 spiro atoms. The molecule has 1 aromatic heterocycles. The molecule has 4 nitrogen and oxygen atoms in total. The highest BCUT2D eigenvalue weighted by Gasteiger charge is 2.27. The molecule has 0 atom stereocenters. The molecule has 0 saturated heterocycles. The average molecular weight is 422 g/mol. The van der Waals surface area contributed by atoms with Crippen LogP contribution in [0.5, 0.6) is 5.75 Å². The van der Waals surface area contributed by atoms with Gasteiger partial charge in [0.2, 0.25) is 0 Å². The highest BCUT2D eigenvalue weighted by Crippen LogP contribution is 2.43.